The van der Waals surface area contributed by atoms with Gasteiger partial charge in [-0.2, -0.15) is 0 Å². The first-order valence-electron chi connectivity index (χ1n) is 5.26. The van der Waals surface area contributed by atoms with Crippen LogP contribution in [0.15, 0.2) is 51.7 Å². The van der Waals surface area contributed by atoms with Crippen LogP contribution in [0.2, 0.25) is 0 Å². The number of amides is 1. The lowest BCUT2D eigenvalue weighted by atomic mass is 10.1. The zero-order valence-corrected chi connectivity index (χ0v) is 10.9. The summed E-state index contributed by atoms with van der Waals surface area (Å²) >= 11 is 3.47. The molecule has 0 fully saturated rings. The van der Waals surface area contributed by atoms with Crippen LogP contribution in [-0.4, -0.2) is 5.91 Å². The lowest BCUT2D eigenvalue weighted by molar-refractivity contribution is 0.0939. The Morgan fingerprint density at radius 1 is 1.35 bits per heavy atom. The zero-order chi connectivity index (χ0) is 12.3. The summed E-state index contributed by atoms with van der Waals surface area (Å²) in [6.07, 6.45) is 2.92. The first-order chi connectivity index (χ1) is 8.18. The van der Waals surface area contributed by atoms with Crippen molar-refractivity contribution in [3.63, 3.8) is 0 Å². The Balaban J connectivity index is 2.10. The molecular weight excluding hydrogens is 282 g/mol. The van der Waals surface area contributed by atoms with E-state index in [0.717, 1.165) is 10.0 Å². The number of rotatable bonds is 3. The normalized spacial score (nSPS) is 12.1. The molecule has 0 saturated carbocycles. The highest BCUT2D eigenvalue weighted by molar-refractivity contribution is 9.10. The Kier molecular flexibility index (Phi) is 3.64. The monoisotopic (exact) mass is 293 g/mol. The van der Waals surface area contributed by atoms with E-state index in [2.05, 4.69) is 21.2 Å². The maximum atomic E-state index is 11.8. The third kappa shape index (κ3) is 2.77. The Bertz CT molecular complexity index is 508. The Hall–Kier alpha value is -1.55. The molecule has 0 aliphatic rings. The third-order valence-corrected chi connectivity index (χ3v) is 3.22. The molecule has 1 heterocycles. The molecule has 88 valence electrons. The van der Waals surface area contributed by atoms with Crippen molar-refractivity contribution in [2.75, 3.05) is 0 Å². The fourth-order valence-electron chi connectivity index (χ4n) is 1.58. The van der Waals surface area contributed by atoms with Crippen LogP contribution in [0.4, 0.5) is 0 Å². The molecule has 2 aromatic rings. The molecule has 1 aromatic heterocycles. The Morgan fingerprint density at radius 3 is 2.76 bits per heavy atom. The molecule has 4 heteroatoms. The summed E-state index contributed by atoms with van der Waals surface area (Å²) in [5, 5.41) is 2.91. The maximum absolute atomic E-state index is 11.8. The predicted octanol–water partition coefficient (Wildman–Crippen LogP) is 3.53. The molecule has 0 aliphatic heterocycles. The summed E-state index contributed by atoms with van der Waals surface area (Å²) in [5.41, 5.74) is 1.58. The molecule has 0 aliphatic carbocycles. The number of hydrogen-bond donors (Lipinski definition) is 1. The molecule has 1 amide bonds. The van der Waals surface area contributed by atoms with Gasteiger partial charge in [-0.25, -0.2) is 0 Å². The summed E-state index contributed by atoms with van der Waals surface area (Å²) in [6.45, 7) is 1.94. The average molecular weight is 294 g/mol. The van der Waals surface area contributed by atoms with Gasteiger partial charge in [-0.1, -0.05) is 34.1 Å². The fraction of sp³-hybridized carbons (Fsp3) is 0.154. The molecule has 1 N–H and O–H groups in total. The van der Waals surface area contributed by atoms with Crippen LogP contribution in [0.25, 0.3) is 0 Å². The van der Waals surface area contributed by atoms with Crippen molar-refractivity contribution < 1.29 is 9.21 Å². The van der Waals surface area contributed by atoms with Crippen molar-refractivity contribution in [2.24, 2.45) is 0 Å². The highest BCUT2D eigenvalue weighted by Crippen LogP contribution is 2.22. The molecule has 1 unspecified atom stereocenters. The average Bonchev–Trinajstić information content (AvgIpc) is 2.82. The highest BCUT2D eigenvalue weighted by atomic mass is 79.9. The number of hydrogen-bond acceptors (Lipinski definition) is 2. The van der Waals surface area contributed by atoms with Gasteiger partial charge in [-0.15, -0.1) is 0 Å². The number of carbonyl (C=O) groups is 1. The fourth-order valence-corrected chi connectivity index (χ4v) is 2.21. The molecule has 0 radical (unpaired) electrons. The minimum atomic E-state index is -0.137. The topological polar surface area (TPSA) is 42.2 Å². The van der Waals surface area contributed by atoms with Crippen LogP contribution in [0.1, 0.15) is 28.9 Å². The van der Waals surface area contributed by atoms with E-state index in [0.29, 0.717) is 5.56 Å². The van der Waals surface area contributed by atoms with Crippen LogP contribution in [0, 0.1) is 0 Å². The van der Waals surface area contributed by atoms with Crippen molar-refractivity contribution in [1.29, 1.82) is 0 Å². The minimum absolute atomic E-state index is 0.0621. The molecule has 1 aromatic carbocycles. The lowest BCUT2D eigenvalue weighted by Crippen LogP contribution is -2.26. The van der Waals surface area contributed by atoms with Crippen molar-refractivity contribution in [1.82, 2.24) is 5.32 Å². The second-order valence-electron chi connectivity index (χ2n) is 3.73. The van der Waals surface area contributed by atoms with Gasteiger partial charge in [0, 0.05) is 4.47 Å². The second-order valence-corrected chi connectivity index (χ2v) is 4.58. The number of halogens is 1. The van der Waals surface area contributed by atoms with E-state index in [1.54, 1.807) is 6.07 Å². The van der Waals surface area contributed by atoms with E-state index in [1.807, 2.05) is 31.2 Å². The van der Waals surface area contributed by atoms with Gasteiger partial charge in [0.25, 0.3) is 5.91 Å². The smallest absolute Gasteiger partial charge is 0.255 e. The summed E-state index contributed by atoms with van der Waals surface area (Å²) in [6, 6.07) is 9.40. The van der Waals surface area contributed by atoms with Crippen molar-refractivity contribution in [2.45, 2.75) is 13.0 Å². The van der Waals surface area contributed by atoms with Gasteiger partial charge < -0.3 is 9.73 Å². The third-order valence-electron chi connectivity index (χ3n) is 2.50. The largest absolute Gasteiger partial charge is 0.472 e. The van der Waals surface area contributed by atoms with Crippen LogP contribution in [0.3, 0.4) is 0 Å². The zero-order valence-electron chi connectivity index (χ0n) is 9.31. The highest BCUT2D eigenvalue weighted by Gasteiger charge is 2.13. The summed E-state index contributed by atoms with van der Waals surface area (Å²) < 4.78 is 5.86. The first kappa shape index (κ1) is 11.9. The van der Waals surface area contributed by atoms with E-state index < -0.39 is 0 Å². The number of furan rings is 1. The summed E-state index contributed by atoms with van der Waals surface area (Å²) in [5.74, 6) is -0.137. The first-order valence-corrected chi connectivity index (χ1v) is 6.05. The van der Waals surface area contributed by atoms with Gasteiger partial charge in [0.1, 0.15) is 6.26 Å². The molecule has 0 bridgehead atoms. The van der Waals surface area contributed by atoms with E-state index in [9.17, 15) is 4.79 Å². The van der Waals surface area contributed by atoms with E-state index in [1.165, 1.54) is 12.5 Å². The number of carbonyl (C=O) groups excluding carboxylic acids is 1. The van der Waals surface area contributed by atoms with Crippen LogP contribution < -0.4 is 5.32 Å². The molecular formula is C13H12BrNO2. The van der Waals surface area contributed by atoms with Crippen molar-refractivity contribution in [3.05, 3.63) is 58.5 Å². The van der Waals surface area contributed by atoms with Crippen molar-refractivity contribution in [3.8, 4) is 0 Å². The molecule has 2 rings (SSSR count). The van der Waals surface area contributed by atoms with Gasteiger partial charge >= 0.3 is 0 Å². The Labute approximate surface area is 108 Å². The van der Waals surface area contributed by atoms with Gasteiger partial charge in [0.15, 0.2) is 0 Å². The van der Waals surface area contributed by atoms with Gasteiger partial charge in [-0.05, 0) is 24.6 Å². The molecule has 0 spiro atoms. The lowest BCUT2D eigenvalue weighted by Gasteiger charge is -2.15. The van der Waals surface area contributed by atoms with Gasteiger partial charge in [0.05, 0.1) is 17.9 Å². The maximum Gasteiger partial charge on any atom is 0.255 e. The standard InChI is InChI=1S/C13H12BrNO2/c1-9(11-4-2-3-5-12(11)14)15-13(16)10-6-7-17-8-10/h2-9H,1H3,(H,15,16). The van der Waals surface area contributed by atoms with Crippen molar-refractivity contribution >= 4 is 21.8 Å². The van der Waals surface area contributed by atoms with E-state index in [4.69, 9.17) is 4.42 Å². The van der Waals surface area contributed by atoms with Gasteiger partial charge in [-0.3, -0.25) is 4.79 Å². The quantitative estimate of drug-likeness (QED) is 0.941. The molecule has 3 nitrogen and oxygen atoms in total. The summed E-state index contributed by atoms with van der Waals surface area (Å²) in [7, 11) is 0. The van der Waals surface area contributed by atoms with E-state index >= 15 is 0 Å². The SMILES string of the molecule is CC(NC(=O)c1ccoc1)c1ccccc1Br. The minimum Gasteiger partial charge on any atom is -0.472 e. The van der Waals surface area contributed by atoms with E-state index in [-0.39, 0.29) is 11.9 Å². The number of nitrogens with one attached hydrogen (secondary N) is 1. The van der Waals surface area contributed by atoms with Crippen LogP contribution in [-0.2, 0) is 0 Å². The molecule has 17 heavy (non-hydrogen) atoms. The predicted molar refractivity (Wildman–Crippen MR) is 68.7 cm³/mol. The van der Waals surface area contributed by atoms with Crippen LogP contribution in [0.5, 0.6) is 0 Å². The van der Waals surface area contributed by atoms with Gasteiger partial charge in [0.2, 0.25) is 0 Å². The molecule has 1 atom stereocenters. The van der Waals surface area contributed by atoms with Crippen LogP contribution >= 0.6 is 15.9 Å². The molecule has 0 saturated heterocycles. The number of benzene rings is 1. The Morgan fingerprint density at radius 2 is 2.12 bits per heavy atom. The summed E-state index contributed by atoms with van der Waals surface area (Å²) in [4.78, 5) is 11.8. The second kappa shape index (κ2) is 5.19.